The van der Waals surface area contributed by atoms with E-state index in [0.717, 1.165) is 44.2 Å². The maximum Gasteiger partial charge on any atom is 0.256 e. The summed E-state index contributed by atoms with van der Waals surface area (Å²) in [6, 6.07) is 16.4. The monoisotopic (exact) mass is 708 g/mol. The summed E-state index contributed by atoms with van der Waals surface area (Å²) in [6.45, 7) is 5.59. The number of piperidine rings is 2. The molecule has 2 N–H and O–H groups in total. The zero-order valence-corrected chi connectivity index (χ0v) is 29.4. The number of aryl methyl sites for hydroxylation is 2. The van der Waals surface area contributed by atoms with Crippen molar-refractivity contribution in [3.05, 3.63) is 107 Å². The lowest BCUT2D eigenvalue weighted by Crippen LogP contribution is -2.47. The van der Waals surface area contributed by atoms with Crippen LogP contribution in [0, 0.1) is 13.8 Å². The van der Waals surface area contributed by atoms with Gasteiger partial charge in [0.25, 0.3) is 11.8 Å². The fourth-order valence-corrected chi connectivity index (χ4v) is 6.43. The summed E-state index contributed by atoms with van der Waals surface area (Å²) >= 11 is 0. The highest BCUT2D eigenvalue weighted by Gasteiger charge is 2.30. The van der Waals surface area contributed by atoms with Crippen LogP contribution in [0.4, 0.5) is 0 Å². The number of carbonyl (C=O) groups is 4. The van der Waals surface area contributed by atoms with Crippen LogP contribution in [0.25, 0.3) is 0 Å². The molecule has 2 fully saturated rings. The van der Waals surface area contributed by atoms with Crippen LogP contribution >= 0.6 is 0 Å². The van der Waals surface area contributed by atoms with Gasteiger partial charge in [-0.2, -0.15) is 0 Å². The number of benzene rings is 2. The Morgan fingerprint density at radius 1 is 0.731 bits per heavy atom. The van der Waals surface area contributed by atoms with Gasteiger partial charge in [0.15, 0.2) is 12.6 Å². The van der Waals surface area contributed by atoms with E-state index in [9.17, 15) is 29.4 Å². The molecule has 0 bridgehead atoms. The Morgan fingerprint density at radius 3 is 1.79 bits per heavy atom. The van der Waals surface area contributed by atoms with Crippen molar-refractivity contribution in [1.82, 2.24) is 19.8 Å². The summed E-state index contributed by atoms with van der Waals surface area (Å²) in [6.07, 6.45) is 10.0. The highest BCUT2D eigenvalue weighted by molar-refractivity contribution is 5.95. The number of carbonyl (C=O) groups excluding carboxylic acids is 4. The van der Waals surface area contributed by atoms with Gasteiger partial charge in [-0.15, -0.1) is 0 Å². The standard InChI is InChI=1S/2C20H22N2O4/c1-14-16(7-5-10-21-14)20(25)22-11-3-2-6-15(22)13-26-19-9-4-8-18(24)17(19)12-23;1-14-8-9-15(11-21-14)20(25)22-10-3-2-5-16(22)13-26-19-7-4-6-18(24)17(19)12-23/h4-5,7-10,12,15,24H,2-3,6,11,13H2,1H3;4,6-9,11-12,16,24H,2-3,5,10,13H2,1H3/t15-;16-/m00/s1. The SMILES string of the molecule is Cc1ccc(C(=O)N2CCCC[C@H]2COc2cccc(O)c2C=O)cn1.Cc1ncccc1C(=O)N1CCCC[C@H]1COc1cccc(O)c1C=O. The zero-order valence-electron chi connectivity index (χ0n) is 29.4. The highest BCUT2D eigenvalue weighted by Crippen LogP contribution is 2.29. The molecule has 12 nitrogen and oxygen atoms in total. The van der Waals surface area contributed by atoms with E-state index in [4.69, 9.17) is 9.47 Å². The fourth-order valence-electron chi connectivity index (χ4n) is 6.43. The molecule has 12 heteroatoms. The van der Waals surface area contributed by atoms with Gasteiger partial charge in [-0.25, -0.2) is 0 Å². The predicted molar refractivity (Wildman–Crippen MR) is 193 cm³/mol. The molecule has 272 valence electrons. The maximum absolute atomic E-state index is 13.0. The third kappa shape index (κ3) is 9.11. The first kappa shape index (κ1) is 37.5. The molecule has 2 saturated heterocycles. The van der Waals surface area contributed by atoms with E-state index in [2.05, 4.69) is 9.97 Å². The number of phenolic OH excluding ortho intramolecular Hbond substituents is 2. The molecule has 2 aliphatic heterocycles. The van der Waals surface area contributed by atoms with Gasteiger partial charge >= 0.3 is 0 Å². The summed E-state index contributed by atoms with van der Waals surface area (Å²) < 4.78 is 11.6. The second-order valence-electron chi connectivity index (χ2n) is 12.9. The van der Waals surface area contributed by atoms with Crippen LogP contribution in [0.1, 0.15) is 91.3 Å². The van der Waals surface area contributed by atoms with Crippen molar-refractivity contribution in [3.63, 3.8) is 0 Å². The van der Waals surface area contributed by atoms with Gasteiger partial charge in [-0.05, 0) is 101 Å². The molecule has 2 aliphatic rings. The molecular weight excluding hydrogens is 664 g/mol. The van der Waals surface area contributed by atoms with Gasteiger partial charge in [0, 0.05) is 36.9 Å². The number of likely N-dealkylation sites (tertiary alicyclic amines) is 2. The number of aldehydes is 2. The summed E-state index contributed by atoms with van der Waals surface area (Å²) in [5.41, 5.74) is 3.00. The molecule has 4 aromatic rings. The Balaban J connectivity index is 0.000000201. The lowest BCUT2D eigenvalue weighted by molar-refractivity contribution is 0.0521. The van der Waals surface area contributed by atoms with E-state index in [1.165, 1.54) is 12.1 Å². The molecule has 0 aliphatic carbocycles. The number of hydrogen-bond donors (Lipinski definition) is 2. The normalized spacial score (nSPS) is 17.0. The van der Waals surface area contributed by atoms with Crippen LogP contribution < -0.4 is 9.47 Å². The smallest absolute Gasteiger partial charge is 0.256 e. The van der Waals surface area contributed by atoms with Crippen molar-refractivity contribution < 1.29 is 38.9 Å². The summed E-state index contributed by atoms with van der Waals surface area (Å²) in [7, 11) is 0. The summed E-state index contributed by atoms with van der Waals surface area (Å²) in [4.78, 5) is 60.2. The summed E-state index contributed by atoms with van der Waals surface area (Å²) in [5.74, 6) is 0.332. The third-order valence-corrected chi connectivity index (χ3v) is 9.36. The molecule has 0 saturated carbocycles. The van der Waals surface area contributed by atoms with E-state index in [1.54, 1.807) is 54.9 Å². The van der Waals surface area contributed by atoms with Crippen LogP contribution in [-0.2, 0) is 0 Å². The van der Waals surface area contributed by atoms with E-state index in [0.29, 0.717) is 54.0 Å². The largest absolute Gasteiger partial charge is 0.507 e. The van der Waals surface area contributed by atoms with Gasteiger partial charge in [0.05, 0.1) is 34.3 Å². The van der Waals surface area contributed by atoms with Crippen molar-refractivity contribution in [2.24, 2.45) is 0 Å². The Kier molecular flexibility index (Phi) is 12.9. The van der Waals surface area contributed by atoms with Gasteiger partial charge in [0.2, 0.25) is 0 Å². The van der Waals surface area contributed by atoms with Crippen LogP contribution in [0.5, 0.6) is 23.0 Å². The van der Waals surface area contributed by atoms with Crippen LogP contribution in [-0.4, -0.2) is 92.8 Å². The topological polar surface area (TPSA) is 159 Å². The molecule has 4 heterocycles. The maximum atomic E-state index is 13.0. The Bertz CT molecular complexity index is 1870. The predicted octanol–water partition coefficient (Wildman–Crippen LogP) is 5.96. The minimum absolute atomic E-state index is 0.0459. The number of phenols is 2. The molecule has 0 unspecified atom stereocenters. The molecule has 6 rings (SSSR count). The molecule has 0 spiro atoms. The van der Waals surface area contributed by atoms with Crippen molar-refractivity contribution in [2.45, 2.75) is 64.5 Å². The van der Waals surface area contributed by atoms with Gasteiger partial charge in [0.1, 0.15) is 36.2 Å². The molecular formula is C40H44N4O8. The Morgan fingerprint density at radius 2 is 1.29 bits per heavy atom. The quantitative estimate of drug-likeness (QED) is 0.188. The number of pyridine rings is 2. The second-order valence-corrected chi connectivity index (χ2v) is 12.9. The number of aromatic hydroxyl groups is 2. The van der Waals surface area contributed by atoms with E-state index in [-0.39, 0.29) is 59.7 Å². The number of ether oxygens (including phenoxy) is 2. The molecule has 2 aromatic heterocycles. The molecule has 2 atom stereocenters. The highest BCUT2D eigenvalue weighted by atomic mass is 16.5. The average molecular weight is 709 g/mol. The Hall–Kier alpha value is -5.78. The number of amides is 2. The first-order valence-electron chi connectivity index (χ1n) is 17.5. The molecule has 2 amide bonds. The molecule has 2 aromatic carbocycles. The third-order valence-electron chi connectivity index (χ3n) is 9.36. The number of aromatic nitrogens is 2. The lowest BCUT2D eigenvalue weighted by atomic mass is 10.0. The van der Waals surface area contributed by atoms with Crippen LogP contribution in [0.3, 0.4) is 0 Å². The minimum atomic E-state index is -0.111. The van der Waals surface area contributed by atoms with E-state index in [1.807, 2.05) is 29.7 Å². The number of hydrogen-bond acceptors (Lipinski definition) is 10. The minimum Gasteiger partial charge on any atom is -0.507 e. The lowest BCUT2D eigenvalue weighted by Gasteiger charge is -2.36. The number of rotatable bonds is 10. The first-order chi connectivity index (χ1) is 25.2. The average Bonchev–Trinajstić information content (AvgIpc) is 3.17. The van der Waals surface area contributed by atoms with Crippen LogP contribution in [0.2, 0.25) is 0 Å². The van der Waals surface area contributed by atoms with E-state index < -0.39 is 0 Å². The fraction of sp³-hybridized carbons (Fsp3) is 0.350. The summed E-state index contributed by atoms with van der Waals surface area (Å²) in [5, 5.41) is 19.5. The Labute approximate surface area is 303 Å². The van der Waals surface area contributed by atoms with Gasteiger partial charge in [-0.1, -0.05) is 12.1 Å². The van der Waals surface area contributed by atoms with Crippen molar-refractivity contribution in [2.75, 3.05) is 26.3 Å². The molecule has 52 heavy (non-hydrogen) atoms. The zero-order chi connectivity index (χ0) is 37.0. The van der Waals surface area contributed by atoms with Crippen molar-refractivity contribution in [3.8, 4) is 23.0 Å². The van der Waals surface area contributed by atoms with Crippen molar-refractivity contribution in [1.29, 1.82) is 0 Å². The van der Waals surface area contributed by atoms with Gasteiger partial charge < -0.3 is 29.5 Å². The van der Waals surface area contributed by atoms with Crippen molar-refractivity contribution >= 4 is 24.4 Å². The van der Waals surface area contributed by atoms with Gasteiger partial charge in [-0.3, -0.25) is 29.1 Å². The first-order valence-corrected chi connectivity index (χ1v) is 17.5. The molecule has 0 radical (unpaired) electrons. The number of nitrogens with zero attached hydrogens (tertiary/aromatic N) is 4. The second kappa shape index (κ2) is 17.9. The van der Waals surface area contributed by atoms with Crippen LogP contribution in [0.15, 0.2) is 73.1 Å². The van der Waals surface area contributed by atoms with E-state index >= 15 is 0 Å².